The standard InChI is InChI=1S/C11H23N/c1-3-6-10-7-4-5-8-11(10)9-12-2/h10-12H,3-9H2,1-2H3. The summed E-state index contributed by atoms with van der Waals surface area (Å²) in [7, 11) is 2.08. The van der Waals surface area contributed by atoms with Crippen molar-refractivity contribution in [2.75, 3.05) is 13.6 Å². The van der Waals surface area contributed by atoms with E-state index in [0.717, 1.165) is 11.8 Å². The zero-order valence-electron chi connectivity index (χ0n) is 8.60. The Morgan fingerprint density at radius 2 is 1.83 bits per heavy atom. The number of nitrogens with one attached hydrogen (secondary N) is 1. The smallest absolute Gasteiger partial charge is 0.00209 e. The Hall–Kier alpha value is -0.0400. The zero-order chi connectivity index (χ0) is 8.81. The van der Waals surface area contributed by atoms with E-state index in [9.17, 15) is 0 Å². The van der Waals surface area contributed by atoms with Gasteiger partial charge in [0.25, 0.3) is 0 Å². The lowest BCUT2D eigenvalue weighted by Gasteiger charge is -2.31. The maximum Gasteiger partial charge on any atom is -0.00209 e. The molecule has 0 aromatic heterocycles. The van der Waals surface area contributed by atoms with Crippen LogP contribution in [-0.4, -0.2) is 13.6 Å². The van der Waals surface area contributed by atoms with Gasteiger partial charge in [0.15, 0.2) is 0 Å². The van der Waals surface area contributed by atoms with Crippen LogP contribution >= 0.6 is 0 Å². The van der Waals surface area contributed by atoms with Gasteiger partial charge >= 0.3 is 0 Å². The molecule has 1 saturated carbocycles. The molecule has 0 aromatic carbocycles. The lowest BCUT2D eigenvalue weighted by atomic mass is 9.77. The van der Waals surface area contributed by atoms with Crippen molar-refractivity contribution in [3.63, 3.8) is 0 Å². The van der Waals surface area contributed by atoms with Crippen LogP contribution in [-0.2, 0) is 0 Å². The molecular weight excluding hydrogens is 146 g/mol. The fraction of sp³-hybridized carbons (Fsp3) is 1.00. The molecule has 0 heterocycles. The highest BCUT2D eigenvalue weighted by atomic mass is 14.8. The molecule has 0 aliphatic heterocycles. The Morgan fingerprint density at radius 1 is 1.17 bits per heavy atom. The van der Waals surface area contributed by atoms with E-state index in [2.05, 4.69) is 19.3 Å². The van der Waals surface area contributed by atoms with Crippen LogP contribution in [0, 0.1) is 11.8 Å². The van der Waals surface area contributed by atoms with Crippen LogP contribution in [0.4, 0.5) is 0 Å². The molecule has 1 heteroatoms. The Balaban J connectivity index is 2.31. The SMILES string of the molecule is CCCC1CCCCC1CNC. The van der Waals surface area contributed by atoms with E-state index in [4.69, 9.17) is 0 Å². The van der Waals surface area contributed by atoms with E-state index in [1.807, 2.05) is 0 Å². The minimum absolute atomic E-state index is 0.976. The number of rotatable bonds is 4. The highest BCUT2D eigenvalue weighted by molar-refractivity contribution is 4.76. The highest BCUT2D eigenvalue weighted by Gasteiger charge is 2.23. The van der Waals surface area contributed by atoms with Gasteiger partial charge in [-0.3, -0.25) is 0 Å². The summed E-state index contributed by atoms with van der Waals surface area (Å²) in [5.41, 5.74) is 0. The maximum atomic E-state index is 3.33. The lowest BCUT2D eigenvalue weighted by molar-refractivity contribution is 0.219. The third-order valence-corrected chi connectivity index (χ3v) is 3.19. The first-order valence-electron chi connectivity index (χ1n) is 5.53. The molecule has 0 saturated heterocycles. The van der Waals surface area contributed by atoms with Gasteiger partial charge < -0.3 is 5.32 Å². The fourth-order valence-electron chi connectivity index (χ4n) is 2.57. The summed E-state index contributed by atoms with van der Waals surface area (Å²) in [5.74, 6) is 2.00. The van der Waals surface area contributed by atoms with E-state index >= 15 is 0 Å². The Morgan fingerprint density at radius 3 is 2.42 bits per heavy atom. The molecule has 1 aliphatic carbocycles. The third kappa shape index (κ3) is 2.78. The second-order valence-electron chi connectivity index (χ2n) is 4.15. The molecule has 12 heavy (non-hydrogen) atoms. The first-order chi connectivity index (χ1) is 5.88. The molecule has 2 unspecified atom stereocenters. The minimum atomic E-state index is 0.976. The number of hydrogen-bond acceptors (Lipinski definition) is 1. The zero-order valence-corrected chi connectivity index (χ0v) is 8.60. The van der Waals surface area contributed by atoms with Crippen molar-refractivity contribution in [2.45, 2.75) is 45.4 Å². The van der Waals surface area contributed by atoms with Gasteiger partial charge in [0.2, 0.25) is 0 Å². The fourth-order valence-corrected chi connectivity index (χ4v) is 2.57. The summed E-state index contributed by atoms with van der Waals surface area (Å²) < 4.78 is 0. The van der Waals surface area contributed by atoms with Crippen molar-refractivity contribution in [1.29, 1.82) is 0 Å². The predicted molar refractivity (Wildman–Crippen MR) is 54.3 cm³/mol. The van der Waals surface area contributed by atoms with Crippen molar-refractivity contribution in [1.82, 2.24) is 5.32 Å². The van der Waals surface area contributed by atoms with Crippen LogP contribution in [0.2, 0.25) is 0 Å². The summed E-state index contributed by atoms with van der Waals surface area (Å²) >= 11 is 0. The normalized spacial score (nSPS) is 30.5. The van der Waals surface area contributed by atoms with Crippen molar-refractivity contribution in [3.8, 4) is 0 Å². The van der Waals surface area contributed by atoms with Gasteiger partial charge in [-0.25, -0.2) is 0 Å². The van der Waals surface area contributed by atoms with Crippen molar-refractivity contribution < 1.29 is 0 Å². The summed E-state index contributed by atoms with van der Waals surface area (Å²) in [6.07, 6.45) is 8.71. The van der Waals surface area contributed by atoms with E-state index in [0.29, 0.717) is 0 Å². The average Bonchev–Trinajstić information content (AvgIpc) is 2.09. The van der Waals surface area contributed by atoms with Crippen molar-refractivity contribution in [3.05, 3.63) is 0 Å². The average molecular weight is 169 g/mol. The Kier molecular flexibility index (Phi) is 4.67. The quantitative estimate of drug-likeness (QED) is 0.682. The van der Waals surface area contributed by atoms with Crippen LogP contribution < -0.4 is 5.32 Å². The molecule has 1 nitrogen and oxygen atoms in total. The van der Waals surface area contributed by atoms with Gasteiger partial charge in [-0.1, -0.05) is 39.0 Å². The predicted octanol–water partition coefficient (Wildman–Crippen LogP) is 2.81. The molecule has 1 rings (SSSR count). The van der Waals surface area contributed by atoms with E-state index in [1.165, 1.54) is 45.1 Å². The summed E-state index contributed by atoms with van der Waals surface area (Å²) in [4.78, 5) is 0. The molecule has 1 aliphatic rings. The van der Waals surface area contributed by atoms with Crippen LogP contribution in [0.1, 0.15) is 45.4 Å². The van der Waals surface area contributed by atoms with Gasteiger partial charge in [0.1, 0.15) is 0 Å². The molecule has 1 fully saturated rings. The highest BCUT2D eigenvalue weighted by Crippen LogP contribution is 2.32. The number of hydrogen-bond donors (Lipinski definition) is 1. The first kappa shape index (κ1) is 10.0. The minimum Gasteiger partial charge on any atom is -0.319 e. The summed E-state index contributed by atoms with van der Waals surface area (Å²) in [6.45, 7) is 3.55. The lowest BCUT2D eigenvalue weighted by Crippen LogP contribution is -2.28. The van der Waals surface area contributed by atoms with Gasteiger partial charge in [0.05, 0.1) is 0 Å². The van der Waals surface area contributed by atoms with Crippen molar-refractivity contribution in [2.24, 2.45) is 11.8 Å². The Labute approximate surface area is 76.9 Å². The molecular formula is C11H23N. The second-order valence-corrected chi connectivity index (χ2v) is 4.15. The van der Waals surface area contributed by atoms with Gasteiger partial charge in [0, 0.05) is 0 Å². The third-order valence-electron chi connectivity index (χ3n) is 3.19. The van der Waals surface area contributed by atoms with Crippen molar-refractivity contribution >= 4 is 0 Å². The summed E-state index contributed by atoms with van der Waals surface area (Å²) in [6, 6.07) is 0. The van der Waals surface area contributed by atoms with E-state index in [1.54, 1.807) is 0 Å². The molecule has 0 bridgehead atoms. The summed E-state index contributed by atoms with van der Waals surface area (Å²) in [5, 5.41) is 3.33. The largest absolute Gasteiger partial charge is 0.319 e. The van der Waals surface area contributed by atoms with Gasteiger partial charge in [-0.05, 0) is 31.8 Å². The molecule has 0 aromatic rings. The van der Waals surface area contributed by atoms with Crippen LogP contribution in [0.5, 0.6) is 0 Å². The van der Waals surface area contributed by atoms with Crippen LogP contribution in [0.25, 0.3) is 0 Å². The van der Waals surface area contributed by atoms with E-state index < -0.39 is 0 Å². The first-order valence-corrected chi connectivity index (χ1v) is 5.53. The van der Waals surface area contributed by atoms with Crippen LogP contribution in [0.3, 0.4) is 0 Å². The molecule has 0 radical (unpaired) electrons. The van der Waals surface area contributed by atoms with Gasteiger partial charge in [-0.15, -0.1) is 0 Å². The van der Waals surface area contributed by atoms with E-state index in [-0.39, 0.29) is 0 Å². The molecule has 0 amide bonds. The molecule has 72 valence electrons. The monoisotopic (exact) mass is 169 g/mol. The topological polar surface area (TPSA) is 12.0 Å². The second kappa shape index (κ2) is 5.58. The maximum absolute atomic E-state index is 3.33. The van der Waals surface area contributed by atoms with Crippen LogP contribution in [0.15, 0.2) is 0 Å². The Bertz CT molecular complexity index is 93.6. The van der Waals surface area contributed by atoms with Gasteiger partial charge in [-0.2, -0.15) is 0 Å². The molecule has 0 spiro atoms. The molecule has 1 N–H and O–H groups in total. The molecule has 2 atom stereocenters.